The van der Waals surface area contributed by atoms with Crippen molar-refractivity contribution in [3.05, 3.63) is 18.0 Å². The van der Waals surface area contributed by atoms with Crippen molar-refractivity contribution < 1.29 is 14.3 Å². The first-order valence-electron chi connectivity index (χ1n) is 3.48. The molecule has 1 aromatic rings. The van der Waals surface area contributed by atoms with Crippen molar-refractivity contribution in [1.29, 1.82) is 0 Å². The summed E-state index contributed by atoms with van der Waals surface area (Å²) in [5, 5.41) is 12.0. The molecule has 0 aliphatic heterocycles. The van der Waals surface area contributed by atoms with Gasteiger partial charge < -0.3 is 5.11 Å². The molecule has 12 heavy (non-hydrogen) atoms. The van der Waals surface area contributed by atoms with E-state index in [0.717, 1.165) is 0 Å². The molecule has 5 heteroatoms. The quantitative estimate of drug-likeness (QED) is 0.739. The average molecular weight is 172 g/mol. The lowest BCUT2D eigenvalue weighted by Crippen LogP contribution is -2.08. The van der Waals surface area contributed by atoms with E-state index in [0.29, 0.717) is 5.56 Å². The number of rotatable bonds is 3. The minimum absolute atomic E-state index is 0.229. The van der Waals surface area contributed by atoms with E-state index in [2.05, 4.69) is 5.10 Å². The van der Waals surface area contributed by atoms with E-state index in [1.807, 2.05) is 0 Å². The highest BCUT2D eigenvalue weighted by atomic mass is 19.1. The highest BCUT2D eigenvalue weighted by Gasteiger charge is 2.07. The molecule has 0 aliphatic carbocycles. The van der Waals surface area contributed by atoms with Crippen LogP contribution in [0, 0.1) is 0 Å². The highest BCUT2D eigenvalue weighted by molar-refractivity contribution is 5.66. The van der Waals surface area contributed by atoms with Crippen LogP contribution >= 0.6 is 0 Å². The summed E-state index contributed by atoms with van der Waals surface area (Å²) in [5.74, 6) is -0.990. The molecule has 0 bridgehead atoms. The number of alkyl halides is 1. The van der Waals surface area contributed by atoms with Crippen LogP contribution in [0.5, 0.6) is 0 Å². The number of hydrogen-bond donors (Lipinski definition) is 1. The van der Waals surface area contributed by atoms with Gasteiger partial charge in [-0.2, -0.15) is 5.10 Å². The first-order chi connectivity index (χ1) is 5.59. The summed E-state index contributed by atoms with van der Waals surface area (Å²) in [6.07, 6.45) is 1.61. The molecule has 1 aromatic heterocycles. The molecular formula is C7H9FN2O2. The summed E-state index contributed by atoms with van der Waals surface area (Å²) in [4.78, 5) is 10.2. The number of aliphatic carboxylic acids is 1. The van der Waals surface area contributed by atoms with Crippen molar-refractivity contribution in [3.8, 4) is 0 Å². The second-order valence-electron chi connectivity index (χ2n) is 2.48. The fraction of sp³-hybridized carbons (Fsp3) is 0.429. The number of carboxylic acid groups (broad SMARTS) is 1. The monoisotopic (exact) mass is 172 g/mol. The van der Waals surface area contributed by atoms with Gasteiger partial charge in [0, 0.05) is 11.8 Å². The Balaban J connectivity index is 2.70. The molecule has 1 atom stereocenters. The average Bonchev–Trinajstić information content (AvgIpc) is 2.34. The molecular weight excluding hydrogens is 163 g/mol. The molecule has 1 unspecified atom stereocenters. The van der Waals surface area contributed by atoms with Crippen molar-refractivity contribution in [2.24, 2.45) is 0 Å². The Morgan fingerprint density at radius 2 is 2.58 bits per heavy atom. The van der Waals surface area contributed by atoms with Gasteiger partial charge in [-0.1, -0.05) is 0 Å². The zero-order chi connectivity index (χ0) is 9.14. The third-order valence-electron chi connectivity index (χ3n) is 1.41. The number of halogens is 1. The summed E-state index contributed by atoms with van der Waals surface area (Å²) in [7, 11) is 0. The lowest BCUT2D eigenvalue weighted by Gasteiger charge is -1.94. The summed E-state index contributed by atoms with van der Waals surface area (Å²) in [5.41, 5.74) is 0.399. The van der Waals surface area contributed by atoms with E-state index in [4.69, 9.17) is 5.11 Å². The van der Waals surface area contributed by atoms with Gasteiger partial charge in [-0.15, -0.1) is 0 Å². The molecule has 0 aliphatic rings. The van der Waals surface area contributed by atoms with Crippen LogP contribution in [-0.2, 0) is 11.3 Å². The van der Waals surface area contributed by atoms with Gasteiger partial charge in [0.15, 0.2) is 0 Å². The van der Waals surface area contributed by atoms with Crippen molar-refractivity contribution in [2.45, 2.75) is 19.6 Å². The second kappa shape index (κ2) is 3.34. The number of carbonyl (C=O) groups is 1. The Bertz CT molecular complexity index is 283. The van der Waals surface area contributed by atoms with E-state index < -0.39 is 12.1 Å². The maximum atomic E-state index is 12.6. The molecule has 0 fully saturated rings. The molecule has 0 saturated carbocycles. The molecule has 0 amide bonds. The molecule has 1 N–H and O–H groups in total. The normalized spacial score (nSPS) is 12.8. The Kier molecular flexibility index (Phi) is 2.42. The predicted octanol–water partition coefficient (Wildman–Crippen LogP) is 0.998. The van der Waals surface area contributed by atoms with Gasteiger partial charge in [0.05, 0.1) is 6.20 Å². The zero-order valence-corrected chi connectivity index (χ0v) is 6.57. The molecule has 0 spiro atoms. The SMILES string of the molecule is CC(F)c1cnn(CC(=O)O)c1. The van der Waals surface area contributed by atoms with Gasteiger partial charge in [-0.05, 0) is 6.92 Å². The Hall–Kier alpha value is -1.39. The highest BCUT2D eigenvalue weighted by Crippen LogP contribution is 2.14. The molecule has 1 rings (SSSR count). The first kappa shape index (κ1) is 8.70. The minimum atomic E-state index is -1.10. The Morgan fingerprint density at radius 1 is 1.92 bits per heavy atom. The lowest BCUT2D eigenvalue weighted by molar-refractivity contribution is -0.137. The van der Waals surface area contributed by atoms with Crippen LogP contribution in [0.15, 0.2) is 12.4 Å². The van der Waals surface area contributed by atoms with Crippen molar-refractivity contribution in [2.75, 3.05) is 0 Å². The van der Waals surface area contributed by atoms with Crippen LogP contribution < -0.4 is 0 Å². The van der Waals surface area contributed by atoms with E-state index in [9.17, 15) is 9.18 Å². The lowest BCUT2D eigenvalue weighted by atomic mass is 10.3. The summed E-state index contributed by atoms with van der Waals surface area (Å²) in [6.45, 7) is 1.15. The summed E-state index contributed by atoms with van der Waals surface area (Å²) < 4.78 is 13.8. The molecule has 1 heterocycles. The van der Waals surface area contributed by atoms with E-state index in [1.165, 1.54) is 24.0 Å². The number of aromatic nitrogens is 2. The van der Waals surface area contributed by atoms with Crippen LogP contribution in [0.2, 0.25) is 0 Å². The number of hydrogen-bond acceptors (Lipinski definition) is 2. The predicted molar refractivity (Wildman–Crippen MR) is 39.4 cm³/mol. The first-order valence-corrected chi connectivity index (χ1v) is 3.48. The molecule has 66 valence electrons. The van der Waals surface area contributed by atoms with Crippen molar-refractivity contribution >= 4 is 5.97 Å². The second-order valence-corrected chi connectivity index (χ2v) is 2.48. The Labute approximate surface area is 68.6 Å². The van der Waals surface area contributed by atoms with E-state index in [1.54, 1.807) is 0 Å². The fourth-order valence-corrected chi connectivity index (χ4v) is 0.810. The minimum Gasteiger partial charge on any atom is -0.480 e. The van der Waals surface area contributed by atoms with Gasteiger partial charge in [-0.25, -0.2) is 4.39 Å². The van der Waals surface area contributed by atoms with Gasteiger partial charge in [-0.3, -0.25) is 9.48 Å². The van der Waals surface area contributed by atoms with Crippen molar-refractivity contribution in [1.82, 2.24) is 9.78 Å². The summed E-state index contributed by atoms with van der Waals surface area (Å²) >= 11 is 0. The van der Waals surface area contributed by atoms with Gasteiger partial charge in [0.2, 0.25) is 0 Å². The van der Waals surface area contributed by atoms with Crippen LogP contribution in [-0.4, -0.2) is 20.9 Å². The van der Waals surface area contributed by atoms with Crippen molar-refractivity contribution in [3.63, 3.8) is 0 Å². The van der Waals surface area contributed by atoms with Gasteiger partial charge >= 0.3 is 5.97 Å². The fourth-order valence-electron chi connectivity index (χ4n) is 0.810. The van der Waals surface area contributed by atoms with E-state index >= 15 is 0 Å². The number of carboxylic acids is 1. The van der Waals surface area contributed by atoms with Gasteiger partial charge in [0.25, 0.3) is 0 Å². The van der Waals surface area contributed by atoms with Crippen LogP contribution in [0.4, 0.5) is 4.39 Å². The molecule has 0 radical (unpaired) electrons. The third kappa shape index (κ3) is 2.05. The van der Waals surface area contributed by atoms with Crippen LogP contribution in [0.3, 0.4) is 0 Å². The maximum absolute atomic E-state index is 12.6. The summed E-state index contributed by atoms with van der Waals surface area (Å²) in [6, 6.07) is 0. The molecule has 4 nitrogen and oxygen atoms in total. The van der Waals surface area contributed by atoms with Crippen LogP contribution in [0.1, 0.15) is 18.7 Å². The van der Waals surface area contributed by atoms with Crippen LogP contribution in [0.25, 0.3) is 0 Å². The van der Waals surface area contributed by atoms with E-state index in [-0.39, 0.29) is 6.54 Å². The zero-order valence-electron chi connectivity index (χ0n) is 6.57. The molecule has 0 saturated heterocycles. The third-order valence-corrected chi connectivity index (χ3v) is 1.41. The largest absolute Gasteiger partial charge is 0.480 e. The van der Waals surface area contributed by atoms with Gasteiger partial charge in [0.1, 0.15) is 12.7 Å². The standard InChI is InChI=1S/C7H9FN2O2/c1-5(8)6-2-9-10(3-6)4-7(11)12/h2-3,5H,4H2,1H3,(H,11,12). The maximum Gasteiger partial charge on any atom is 0.325 e. The Morgan fingerprint density at radius 3 is 3.00 bits per heavy atom. The topological polar surface area (TPSA) is 55.1 Å². The number of nitrogens with zero attached hydrogens (tertiary/aromatic N) is 2. The smallest absolute Gasteiger partial charge is 0.325 e. The molecule has 0 aromatic carbocycles.